The highest BCUT2D eigenvalue weighted by Crippen LogP contribution is 2.30. The van der Waals surface area contributed by atoms with Crippen molar-refractivity contribution in [2.75, 3.05) is 18.0 Å². The van der Waals surface area contributed by atoms with Crippen molar-refractivity contribution in [2.24, 2.45) is 0 Å². The van der Waals surface area contributed by atoms with Crippen LogP contribution in [0.2, 0.25) is 0 Å². The van der Waals surface area contributed by atoms with E-state index in [1.807, 2.05) is 25.1 Å². The molecule has 0 radical (unpaired) electrons. The molecule has 4 rings (SSSR count). The zero-order valence-electron chi connectivity index (χ0n) is 14.2. The van der Waals surface area contributed by atoms with Gasteiger partial charge in [-0.15, -0.1) is 0 Å². The summed E-state index contributed by atoms with van der Waals surface area (Å²) in [5, 5.41) is 9.59. The fourth-order valence-electron chi connectivity index (χ4n) is 3.67. The standard InChI is InChI=1S/C19H20N4O/c1-12-8-18(22-10-13(2)24-14(3)11-22)23-17-7-5-4-6-16(17)21-19(23)15(12)9-20/h4-8,13-14H,10-11H2,1-3H3. The Balaban J connectivity index is 2.03. The highest BCUT2D eigenvalue weighted by atomic mass is 16.5. The number of para-hydroxylation sites is 2. The molecule has 5 nitrogen and oxygen atoms in total. The number of pyridine rings is 1. The molecule has 1 aromatic carbocycles. The van der Waals surface area contributed by atoms with E-state index in [0.29, 0.717) is 5.56 Å². The molecular weight excluding hydrogens is 300 g/mol. The van der Waals surface area contributed by atoms with Crippen molar-refractivity contribution in [3.05, 3.63) is 41.5 Å². The molecule has 2 aromatic heterocycles. The molecule has 0 saturated carbocycles. The minimum absolute atomic E-state index is 0.175. The second kappa shape index (κ2) is 5.50. The second-order valence-corrected chi connectivity index (χ2v) is 6.59. The lowest BCUT2D eigenvalue weighted by Gasteiger charge is -2.37. The van der Waals surface area contributed by atoms with Crippen LogP contribution < -0.4 is 4.90 Å². The Hall–Kier alpha value is -2.58. The van der Waals surface area contributed by atoms with E-state index in [9.17, 15) is 5.26 Å². The van der Waals surface area contributed by atoms with Crippen LogP contribution in [-0.4, -0.2) is 34.7 Å². The van der Waals surface area contributed by atoms with Crippen LogP contribution in [0.15, 0.2) is 30.3 Å². The molecule has 3 heterocycles. The second-order valence-electron chi connectivity index (χ2n) is 6.59. The zero-order chi connectivity index (χ0) is 16.8. The number of fused-ring (bicyclic) bond motifs is 3. The van der Waals surface area contributed by atoms with E-state index in [-0.39, 0.29) is 12.2 Å². The van der Waals surface area contributed by atoms with Crippen LogP contribution in [0.25, 0.3) is 16.7 Å². The van der Waals surface area contributed by atoms with Crippen molar-refractivity contribution in [1.29, 1.82) is 5.26 Å². The molecule has 1 saturated heterocycles. The number of morpholine rings is 1. The Morgan fingerprint density at radius 3 is 2.62 bits per heavy atom. The van der Waals surface area contributed by atoms with Crippen molar-refractivity contribution in [3.8, 4) is 6.07 Å². The van der Waals surface area contributed by atoms with Crippen molar-refractivity contribution in [1.82, 2.24) is 9.38 Å². The van der Waals surface area contributed by atoms with Crippen LogP contribution in [0.4, 0.5) is 5.82 Å². The van der Waals surface area contributed by atoms with E-state index in [1.54, 1.807) is 0 Å². The lowest BCUT2D eigenvalue weighted by molar-refractivity contribution is -0.00550. The molecule has 1 aliphatic heterocycles. The van der Waals surface area contributed by atoms with Crippen LogP contribution in [0.5, 0.6) is 0 Å². The lowest BCUT2D eigenvalue weighted by atomic mass is 10.1. The fraction of sp³-hybridized carbons (Fsp3) is 0.368. The molecule has 2 atom stereocenters. The number of hydrogen-bond acceptors (Lipinski definition) is 4. The van der Waals surface area contributed by atoms with E-state index in [0.717, 1.165) is 41.2 Å². The highest BCUT2D eigenvalue weighted by molar-refractivity contribution is 5.85. The number of imidazole rings is 1. The van der Waals surface area contributed by atoms with Gasteiger partial charge in [-0.25, -0.2) is 4.98 Å². The topological polar surface area (TPSA) is 53.6 Å². The summed E-state index contributed by atoms with van der Waals surface area (Å²) in [6, 6.07) is 12.5. The van der Waals surface area contributed by atoms with Gasteiger partial charge in [0.2, 0.25) is 0 Å². The summed E-state index contributed by atoms with van der Waals surface area (Å²) in [5.74, 6) is 1.08. The van der Waals surface area contributed by atoms with E-state index in [1.165, 1.54) is 0 Å². The van der Waals surface area contributed by atoms with Crippen molar-refractivity contribution in [2.45, 2.75) is 33.0 Å². The van der Waals surface area contributed by atoms with Gasteiger partial charge in [-0.2, -0.15) is 5.26 Å². The summed E-state index contributed by atoms with van der Waals surface area (Å²) >= 11 is 0. The summed E-state index contributed by atoms with van der Waals surface area (Å²) in [6.45, 7) is 7.84. The van der Waals surface area contributed by atoms with Gasteiger partial charge >= 0.3 is 0 Å². The average molecular weight is 320 g/mol. The summed E-state index contributed by atoms with van der Waals surface area (Å²) < 4.78 is 7.99. The quantitative estimate of drug-likeness (QED) is 0.690. The molecule has 3 aromatic rings. The first-order valence-corrected chi connectivity index (χ1v) is 8.30. The lowest BCUT2D eigenvalue weighted by Crippen LogP contribution is -2.46. The van der Waals surface area contributed by atoms with Crippen LogP contribution in [0.3, 0.4) is 0 Å². The Labute approximate surface area is 141 Å². The molecule has 0 bridgehead atoms. The molecule has 5 heteroatoms. The summed E-state index contributed by atoms with van der Waals surface area (Å²) in [6.07, 6.45) is 0.351. The zero-order valence-corrected chi connectivity index (χ0v) is 14.2. The minimum atomic E-state index is 0.175. The van der Waals surface area contributed by atoms with E-state index >= 15 is 0 Å². The van der Waals surface area contributed by atoms with Gasteiger partial charge in [0.1, 0.15) is 11.9 Å². The fourth-order valence-corrected chi connectivity index (χ4v) is 3.67. The van der Waals surface area contributed by atoms with Crippen LogP contribution in [0.1, 0.15) is 25.0 Å². The molecule has 2 unspecified atom stereocenters. The molecule has 24 heavy (non-hydrogen) atoms. The van der Waals surface area contributed by atoms with Gasteiger partial charge in [0.15, 0.2) is 5.65 Å². The van der Waals surface area contributed by atoms with Gasteiger partial charge in [0, 0.05) is 13.1 Å². The van der Waals surface area contributed by atoms with E-state index < -0.39 is 0 Å². The highest BCUT2D eigenvalue weighted by Gasteiger charge is 2.26. The maximum absolute atomic E-state index is 9.59. The van der Waals surface area contributed by atoms with Gasteiger partial charge in [-0.3, -0.25) is 4.40 Å². The maximum Gasteiger partial charge on any atom is 0.157 e. The van der Waals surface area contributed by atoms with E-state index in [2.05, 4.69) is 41.4 Å². The predicted molar refractivity (Wildman–Crippen MR) is 94.4 cm³/mol. The molecule has 0 spiro atoms. The number of nitrogens with zero attached hydrogens (tertiary/aromatic N) is 4. The van der Waals surface area contributed by atoms with E-state index in [4.69, 9.17) is 9.72 Å². The van der Waals surface area contributed by atoms with Crippen LogP contribution in [0, 0.1) is 18.3 Å². The third-order valence-corrected chi connectivity index (χ3v) is 4.61. The molecule has 122 valence electrons. The van der Waals surface area contributed by atoms with Gasteiger partial charge in [-0.1, -0.05) is 12.1 Å². The first kappa shape index (κ1) is 15.0. The van der Waals surface area contributed by atoms with Gasteiger partial charge in [-0.05, 0) is 44.5 Å². The normalized spacial score (nSPS) is 21.3. The molecule has 1 aliphatic rings. The Bertz CT molecular complexity index is 959. The number of aryl methyl sites for hydroxylation is 1. The third-order valence-electron chi connectivity index (χ3n) is 4.61. The number of hydrogen-bond donors (Lipinski definition) is 0. The van der Waals surface area contributed by atoms with Crippen molar-refractivity contribution < 1.29 is 4.74 Å². The number of benzene rings is 1. The van der Waals surface area contributed by atoms with Gasteiger partial charge < -0.3 is 9.64 Å². The van der Waals surface area contributed by atoms with Crippen LogP contribution >= 0.6 is 0 Å². The number of ether oxygens (including phenoxy) is 1. The minimum Gasteiger partial charge on any atom is -0.372 e. The molecule has 1 fully saturated rings. The summed E-state index contributed by atoms with van der Waals surface area (Å²) in [4.78, 5) is 7.06. The SMILES string of the molecule is Cc1cc(N2CC(C)OC(C)C2)n2c(nc3ccccc32)c1C#N. The molecule has 0 aliphatic carbocycles. The number of anilines is 1. The Kier molecular flexibility index (Phi) is 3.43. The summed E-state index contributed by atoms with van der Waals surface area (Å²) in [7, 11) is 0. The predicted octanol–water partition coefficient (Wildman–Crippen LogP) is 3.28. The van der Waals surface area contributed by atoms with Crippen molar-refractivity contribution >= 4 is 22.5 Å². The van der Waals surface area contributed by atoms with Crippen molar-refractivity contribution in [3.63, 3.8) is 0 Å². The molecular formula is C19H20N4O. The number of nitriles is 1. The smallest absolute Gasteiger partial charge is 0.157 e. The Morgan fingerprint density at radius 1 is 1.21 bits per heavy atom. The molecule has 0 amide bonds. The maximum atomic E-state index is 9.59. The average Bonchev–Trinajstić information content (AvgIpc) is 2.92. The van der Waals surface area contributed by atoms with Gasteiger partial charge in [0.25, 0.3) is 0 Å². The first-order valence-electron chi connectivity index (χ1n) is 8.30. The largest absolute Gasteiger partial charge is 0.372 e. The summed E-state index contributed by atoms with van der Waals surface area (Å²) in [5.41, 5.74) is 4.29. The van der Waals surface area contributed by atoms with Crippen LogP contribution in [-0.2, 0) is 4.74 Å². The first-order chi connectivity index (χ1) is 11.6. The molecule has 0 N–H and O–H groups in total. The van der Waals surface area contributed by atoms with Gasteiger partial charge in [0.05, 0.1) is 28.8 Å². The number of aromatic nitrogens is 2. The third kappa shape index (κ3) is 2.22. The Morgan fingerprint density at radius 2 is 1.92 bits per heavy atom. The number of rotatable bonds is 1. The monoisotopic (exact) mass is 320 g/mol.